The van der Waals surface area contributed by atoms with Gasteiger partial charge in [0.15, 0.2) is 0 Å². The number of rotatable bonds is 9. The van der Waals surface area contributed by atoms with E-state index in [-0.39, 0.29) is 0 Å². The van der Waals surface area contributed by atoms with Crippen LogP contribution in [-0.2, 0) is 9.47 Å². The fourth-order valence-electron chi connectivity index (χ4n) is 2.01. The third kappa shape index (κ3) is 5.15. The molecule has 0 aromatic heterocycles. The highest BCUT2D eigenvalue weighted by molar-refractivity contribution is 7.99. The lowest BCUT2D eigenvalue weighted by Gasteiger charge is -2.15. The Labute approximate surface area is 120 Å². The lowest BCUT2D eigenvalue weighted by atomic mass is 10.3. The van der Waals surface area contributed by atoms with Crippen molar-refractivity contribution in [3.05, 3.63) is 30.3 Å². The normalized spacial score (nSPS) is 21.8. The van der Waals surface area contributed by atoms with Gasteiger partial charge in [0.2, 0.25) is 0 Å². The molecule has 1 saturated heterocycles. The Bertz CT molecular complexity index is 356. The van der Waals surface area contributed by atoms with Crippen molar-refractivity contribution in [2.24, 2.45) is 0 Å². The molecule has 0 saturated carbocycles. The van der Waals surface area contributed by atoms with Gasteiger partial charge in [-0.25, -0.2) is 0 Å². The van der Waals surface area contributed by atoms with Crippen LogP contribution in [0.4, 0.5) is 0 Å². The molecule has 19 heavy (non-hydrogen) atoms. The van der Waals surface area contributed by atoms with Gasteiger partial charge in [-0.3, -0.25) is 0 Å². The van der Waals surface area contributed by atoms with Gasteiger partial charge in [-0.15, -0.1) is 0 Å². The minimum absolute atomic E-state index is 0.303. The minimum Gasteiger partial charge on any atom is -0.368 e. The van der Waals surface area contributed by atoms with Crippen LogP contribution < -0.4 is 0 Å². The molecule has 2 rings (SSSR count). The number of hydrogen-bond donors (Lipinski definition) is 0. The van der Waals surface area contributed by atoms with E-state index in [9.17, 15) is 0 Å². The van der Waals surface area contributed by atoms with Crippen LogP contribution in [0.3, 0.4) is 0 Å². The highest BCUT2D eigenvalue weighted by atomic mass is 32.2. The summed E-state index contributed by atoms with van der Waals surface area (Å²) in [6.45, 7) is 8.31. The van der Waals surface area contributed by atoms with Crippen molar-refractivity contribution in [1.29, 1.82) is 0 Å². The molecule has 0 unspecified atom stereocenters. The average Bonchev–Trinajstić information content (AvgIpc) is 3.20. The molecule has 2 atom stereocenters. The fourth-order valence-corrected chi connectivity index (χ4v) is 2.68. The van der Waals surface area contributed by atoms with E-state index < -0.39 is 0 Å². The molecule has 4 heteroatoms. The molecule has 1 aromatic carbocycles. The monoisotopic (exact) mass is 281 g/mol. The number of likely N-dealkylation sites (N-methyl/N-ethyl adjacent to an activating group) is 1. The maximum absolute atomic E-state index is 5.66. The summed E-state index contributed by atoms with van der Waals surface area (Å²) in [7, 11) is 0. The van der Waals surface area contributed by atoms with Gasteiger partial charge in [0, 0.05) is 11.4 Å². The zero-order valence-electron chi connectivity index (χ0n) is 11.7. The van der Waals surface area contributed by atoms with Gasteiger partial charge in [-0.2, -0.15) is 0 Å². The predicted octanol–water partition coefficient (Wildman–Crippen LogP) is 2.86. The Morgan fingerprint density at radius 2 is 1.89 bits per heavy atom. The first-order valence-electron chi connectivity index (χ1n) is 6.96. The molecule has 1 aromatic rings. The summed E-state index contributed by atoms with van der Waals surface area (Å²) < 4.78 is 11.3. The van der Waals surface area contributed by atoms with Crippen molar-refractivity contribution >= 4 is 11.8 Å². The number of epoxide rings is 1. The average molecular weight is 281 g/mol. The molecule has 3 nitrogen and oxygen atoms in total. The smallest absolute Gasteiger partial charge is 0.109 e. The summed E-state index contributed by atoms with van der Waals surface area (Å²) in [5.74, 6) is 0.696. The summed E-state index contributed by atoms with van der Waals surface area (Å²) in [6, 6.07) is 10.3. The van der Waals surface area contributed by atoms with Crippen molar-refractivity contribution in [2.45, 2.75) is 31.0 Å². The van der Waals surface area contributed by atoms with Gasteiger partial charge in [0.25, 0.3) is 0 Å². The minimum atomic E-state index is 0.303. The molecular formula is C15H23NO2S. The maximum Gasteiger partial charge on any atom is 0.109 e. The Morgan fingerprint density at radius 3 is 2.58 bits per heavy atom. The summed E-state index contributed by atoms with van der Waals surface area (Å²) in [6.07, 6.45) is 0.679. The number of benzene rings is 1. The second kappa shape index (κ2) is 7.90. The zero-order valence-corrected chi connectivity index (χ0v) is 12.6. The van der Waals surface area contributed by atoms with E-state index in [1.807, 2.05) is 18.2 Å². The van der Waals surface area contributed by atoms with Crippen LogP contribution in [-0.4, -0.2) is 49.3 Å². The van der Waals surface area contributed by atoms with E-state index in [1.165, 1.54) is 4.90 Å². The van der Waals surface area contributed by atoms with Gasteiger partial charge < -0.3 is 14.4 Å². The second-order valence-corrected chi connectivity index (χ2v) is 5.64. The van der Waals surface area contributed by atoms with Crippen molar-refractivity contribution in [3.63, 3.8) is 0 Å². The van der Waals surface area contributed by atoms with Crippen LogP contribution in [0.15, 0.2) is 35.2 Å². The predicted molar refractivity (Wildman–Crippen MR) is 79.6 cm³/mol. The van der Waals surface area contributed by atoms with Crippen molar-refractivity contribution in [3.8, 4) is 0 Å². The molecule has 0 aliphatic carbocycles. The first-order chi connectivity index (χ1) is 9.33. The fraction of sp³-hybridized carbons (Fsp3) is 0.600. The third-order valence-electron chi connectivity index (χ3n) is 3.35. The largest absolute Gasteiger partial charge is 0.368 e. The number of thioether (sulfide) groups is 1. The summed E-state index contributed by atoms with van der Waals surface area (Å²) >= 11 is 1.73. The summed E-state index contributed by atoms with van der Waals surface area (Å²) in [5, 5.41) is 0. The van der Waals surface area contributed by atoms with E-state index in [4.69, 9.17) is 9.47 Å². The Hall–Kier alpha value is -0.550. The third-order valence-corrected chi connectivity index (χ3v) is 4.24. The Morgan fingerprint density at radius 1 is 1.16 bits per heavy atom. The lowest BCUT2D eigenvalue weighted by Crippen LogP contribution is -2.28. The molecular weight excluding hydrogens is 258 g/mol. The Kier molecular flexibility index (Phi) is 6.17. The van der Waals surface area contributed by atoms with Crippen LogP contribution in [0, 0.1) is 0 Å². The van der Waals surface area contributed by atoms with Crippen molar-refractivity contribution < 1.29 is 9.47 Å². The van der Waals surface area contributed by atoms with Crippen LogP contribution in [0.2, 0.25) is 0 Å². The molecule has 106 valence electrons. The van der Waals surface area contributed by atoms with Crippen molar-refractivity contribution in [2.75, 3.05) is 32.2 Å². The van der Waals surface area contributed by atoms with E-state index in [0.29, 0.717) is 24.8 Å². The molecule has 0 amide bonds. The number of nitrogens with zero attached hydrogens (tertiary/aromatic N) is 1. The molecule has 0 N–H and O–H groups in total. The van der Waals surface area contributed by atoms with E-state index in [1.54, 1.807) is 11.8 Å². The van der Waals surface area contributed by atoms with E-state index >= 15 is 0 Å². The molecule has 1 fully saturated rings. The second-order valence-electron chi connectivity index (χ2n) is 4.64. The SMILES string of the molecule is CCN(CC)C[C@H]1O[C@H]1COCSc1ccccc1. The van der Waals surface area contributed by atoms with Gasteiger partial charge in [-0.05, 0) is 25.2 Å². The molecule has 0 bridgehead atoms. The highest BCUT2D eigenvalue weighted by Crippen LogP contribution is 2.24. The van der Waals surface area contributed by atoms with Crippen LogP contribution in [0.1, 0.15) is 13.8 Å². The topological polar surface area (TPSA) is 25.0 Å². The number of hydrogen-bond acceptors (Lipinski definition) is 4. The van der Waals surface area contributed by atoms with Crippen LogP contribution in [0.5, 0.6) is 0 Å². The molecule has 0 radical (unpaired) electrons. The van der Waals surface area contributed by atoms with Crippen LogP contribution >= 0.6 is 11.8 Å². The van der Waals surface area contributed by atoms with E-state index in [0.717, 1.165) is 19.6 Å². The molecule has 1 heterocycles. The molecule has 1 aliphatic heterocycles. The lowest BCUT2D eigenvalue weighted by molar-refractivity contribution is 0.158. The highest BCUT2D eigenvalue weighted by Gasteiger charge is 2.39. The maximum atomic E-state index is 5.66. The van der Waals surface area contributed by atoms with E-state index in [2.05, 4.69) is 30.9 Å². The molecule has 0 spiro atoms. The Balaban J connectivity index is 1.54. The summed E-state index contributed by atoms with van der Waals surface area (Å²) in [5.41, 5.74) is 0. The van der Waals surface area contributed by atoms with Gasteiger partial charge in [0.05, 0.1) is 18.6 Å². The molecule has 1 aliphatic rings. The quantitative estimate of drug-likeness (QED) is 0.301. The van der Waals surface area contributed by atoms with Crippen LogP contribution in [0.25, 0.3) is 0 Å². The van der Waals surface area contributed by atoms with Gasteiger partial charge in [0.1, 0.15) is 6.10 Å². The van der Waals surface area contributed by atoms with Gasteiger partial charge >= 0.3 is 0 Å². The summed E-state index contributed by atoms with van der Waals surface area (Å²) in [4.78, 5) is 3.64. The number of ether oxygens (including phenoxy) is 2. The first kappa shape index (κ1) is 14.9. The van der Waals surface area contributed by atoms with Crippen molar-refractivity contribution in [1.82, 2.24) is 4.90 Å². The zero-order chi connectivity index (χ0) is 13.5. The first-order valence-corrected chi connectivity index (χ1v) is 7.95. The van der Waals surface area contributed by atoms with Gasteiger partial charge in [-0.1, -0.05) is 43.8 Å². The standard InChI is InChI=1S/C15H23NO2S/c1-3-16(4-2)10-14-15(18-14)11-17-12-19-13-8-6-5-7-9-13/h5-9,14-15H,3-4,10-12H2,1-2H3/t14-,15+/m1/s1.